The normalized spacial score (nSPS) is 10.7. The zero-order valence-corrected chi connectivity index (χ0v) is 12.5. The summed E-state index contributed by atoms with van der Waals surface area (Å²) in [6, 6.07) is 11.5. The Bertz CT molecular complexity index is 730. The molecule has 0 fully saturated rings. The van der Waals surface area contributed by atoms with Gasteiger partial charge in [0.25, 0.3) is 0 Å². The van der Waals surface area contributed by atoms with Gasteiger partial charge in [-0.05, 0) is 56.3 Å². The lowest BCUT2D eigenvalue weighted by Gasteiger charge is -2.05. The van der Waals surface area contributed by atoms with E-state index in [0.29, 0.717) is 15.9 Å². The van der Waals surface area contributed by atoms with Crippen molar-refractivity contribution in [3.63, 3.8) is 0 Å². The van der Waals surface area contributed by atoms with E-state index in [4.69, 9.17) is 5.73 Å². The van der Waals surface area contributed by atoms with Crippen molar-refractivity contribution >= 4 is 33.4 Å². The Morgan fingerprint density at radius 2 is 2.00 bits per heavy atom. The smallest absolute Gasteiger partial charge is 0.220 e. The summed E-state index contributed by atoms with van der Waals surface area (Å²) in [5.41, 5.74) is 7.40. The lowest BCUT2D eigenvalue weighted by atomic mass is 10.3. The molecule has 0 unspecified atom stereocenters. The summed E-state index contributed by atoms with van der Waals surface area (Å²) in [6.45, 7) is 0. The number of nitrogens with zero attached hydrogens (tertiary/aromatic N) is 5. The first-order chi connectivity index (χ1) is 9.74. The number of aromatic nitrogens is 5. The molecule has 0 spiro atoms. The van der Waals surface area contributed by atoms with Crippen LogP contribution in [0.4, 0.5) is 5.69 Å². The largest absolute Gasteiger partial charge is 0.396 e. The Balaban J connectivity index is 1.95. The van der Waals surface area contributed by atoms with Gasteiger partial charge in [-0.3, -0.25) is 0 Å². The van der Waals surface area contributed by atoms with Gasteiger partial charge in [0.05, 0.1) is 11.4 Å². The molecule has 2 N–H and O–H groups in total. The number of hydrogen-bond donors (Lipinski definition) is 1. The molecule has 0 aliphatic heterocycles. The third-order valence-electron chi connectivity index (χ3n) is 2.48. The van der Waals surface area contributed by atoms with Gasteiger partial charge in [-0.1, -0.05) is 18.2 Å². The van der Waals surface area contributed by atoms with Gasteiger partial charge in [0.2, 0.25) is 5.16 Å². The van der Waals surface area contributed by atoms with Crippen LogP contribution in [0.1, 0.15) is 0 Å². The van der Waals surface area contributed by atoms with Gasteiger partial charge in [0, 0.05) is 10.7 Å². The van der Waals surface area contributed by atoms with Crippen LogP contribution in [0.15, 0.2) is 57.3 Å². The first-order valence-electron chi connectivity index (χ1n) is 5.67. The molecular formula is C12H9BrN6S. The topological polar surface area (TPSA) is 82.5 Å². The molecule has 2 aromatic heterocycles. The second kappa shape index (κ2) is 5.59. The number of tetrazole rings is 1. The number of hydrogen-bond acceptors (Lipinski definition) is 6. The van der Waals surface area contributed by atoms with E-state index in [2.05, 4.69) is 36.4 Å². The molecule has 0 saturated carbocycles. The number of halogens is 1. The molecule has 100 valence electrons. The molecular weight excluding hydrogens is 340 g/mol. The zero-order valence-electron chi connectivity index (χ0n) is 10.1. The molecule has 20 heavy (non-hydrogen) atoms. The van der Waals surface area contributed by atoms with E-state index < -0.39 is 0 Å². The van der Waals surface area contributed by atoms with Gasteiger partial charge >= 0.3 is 0 Å². The fourth-order valence-corrected chi connectivity index (χ4v) is 2.70. The standard InChI is InChI=1S/C12H9BrN6S/c13-8-6-10(14)11(15-7-8)20-12-16-17-18-19(12)9-4-2-1-3-5-9/h1-7H,14H2. The number of anilines is 1. The Morgan fingerprint density at radius 3 is 2.75 bits per heavy atom. The van der Waals surface area contributed by atoms with E-state index in [1.165, 1.54) is 11.8 Å². The minimum atomic E-state index is 0.576. The number of nitrogens with two attached hydrogens (primary N) is 1. The minimum Gasteiger partial charge on any atom is -0.396 e. The highest BCUT2D eigenvalue weighted by atomic mass is 79.9. The van der Waals surface area contributed by atoms with Gasteiger partial charge in [0.15, 0.2) is 0 Å². The van der Waals surface area contributed by atoms with Crippen LogP contribution in [0.5, 0.6) is 0 Å². The average molecular weight is 349 g/mol. The van der Waals surface area contributed by atoms with Crippen LogP contribution in [-0.2, 0) is 0 Å². The molecule has 0 aliphatic rings. The molecule has 0 amide bonds. The summed E-state index contributed by atoms with van der Waals surface area (Å²) >= 11 is 4.65. The quantitative estimate of drug-likeness (QED) is 0.783. The third-order valence-corrected chi connectivity index (χ3v) is 3.88. The van der Waals surface area contributed by atoms with Crippen molar-refractivity contribution in [1.29, 1.82) is 0 Å². The summed E-state index contributed by atoms with van der Waals surface area (Å²) in [6.07, 6.45) is 1.69. The minimum absolute atomic E-state index is 0.576. The van der Waals surface area contributed by atoms with Crippen molar-refractivity contribution in [2.24, 2.45) is 0 Å². The number of pyridine rings is 1. The van der Waals surface area contributed by atoms with E-state index in [0.717, 1.165) is 10.2 Å². The van der Waals surface area contributed by atoms with Gasteiger partial charge in [-0.25, -0.2) is 4.98 Å². The van der Waals surface area contributed by atoms with Crippen LogP contribution < -0.4 is 5.73 Å². The van der Waals surface area contributed by atoms with Crippen LogP contribution in [0, 0.1) is 0 Å². The summed E-state index contributed by atoms with van der Waals surface area (Å²) < 4.78 is 2.48. The predicted molar refractivity (Wildman–Crippen MR) is 79.6 cm³/mol. The van der Waals surface area contributed by atoms with Gasteiger partial charge in [-0.2, -0.15) is 4.68 Å². The van der Waals surface area contributed by atoms with E-state index in [-0.39, 0.29) is 0 Å². The number of para-hydroxylation sites is 1. The number of nitrogen functional groups attached to an aromatic ring is 1. The molecule has 1 aromatic carbocycles. The van der Waals surface area contributed by atoms with Crippen LogP contribution in [0.2, 0.25) is 0 Å². The zero-order chi connectivity index (χ0) is 13.9. The summed E-state index contributed by atoms with van der Waals surface area (Å²) in [5, 5.41) is 13.0. The average Bonchev–Trinajstić information content (AvgIpc) is 2.91. The van der Waals surface area contributed by atoms with E-state index >= 15 is 0 Å². The number of rotatable bonds is 3. The van der Waals surface area contributed by atoms with Crippen molar-refractivity contribution in [3.8, 4) is 5.69 Å². The highest BCUT2D eigenvalue weighted by molar-refractivity contribution is 9.10. The summed E-state index contributed by atoms with van der Waals surface area (Å²) in [5.74, 6) is 0. The molecule has 3 rings (SSSR count). The Kier molecular flexibility index (Phi) is 3.66. The fourth-order valence-electron chi connectivity index (χ4n) is 1.59. The molecule has 3 aromatic rings. The maximum absolute atomic E-state index is 5.94. The molecule has 2 heterocycles. The second-order valence-corrected chi connectivity index (χ2v) is 5.73. The lowest BCUT2D eigenvalue weighted by molar-refractivity contribution is 0.756. The van der Waals surface area contributed by atoms with Gasteiger partial charge in [0.1, 0.15) is 5.03 Å². The molecule has 6 nitrogen and oxygen atoms in total. The van der Waals surface area contributed by atoms with Crippen molar-refractivity contribution in [2.75, 3.05) is 5.73 Å². The first kappa shape index (κ1) is 13.1. The van der Waals surface area contributed by atoms with Crippen molar-refractivity contribution in [3.05, 3.63) is 47.1 Å². The predicted octanol–water partition coefficient (Wildman–Crippen LogP) is 2.55. The maximum atomic E-state index is 5.94. The SMILES string of the molecule is Nc1cc(Br)cnc1Sc1nnnn1-c1ccccc1. The monoisotopic (exact) mass is 348 g/mol. The van der Waals surface area contributed by atoms with Crippen molar-refractivity contribution in [2.45, 2.75) is 10.2 Å². The molecule has 8 heteroatoms. The van der Waals surface area contributed by atoms with Gasteiger partial charge in [-0.15, -0.1) is 5.10 Å². The molecule has 0 saturated heterocycles. The highest BCUT2D eigenvalue weighted by Crippen LogP contribution is 2.30. The van der Waals surface area contributed by atoms with Crippen LogP contribution in [-0.4, -0.2) is 25.2 Å². The lowest BCUT2D eigenvalue weighted by Crippen LogP contribution is -1.99. The first-order valence-corrected chi connectivity index (χ1v) is 7.27. The summed E-state index contributed by atoms with van der Waals surface area (Å²) in [4.78, 5) is 4.27. The summed E-state index contributed by atoms with van der Waals surface area (Å²) in [7, 11) is 0. The van der Waals surface area contributed by atoms with Crippen molar-refractivity contribution in [1.82, 2.24) is 25.2 Å². The maximum Gasteiger partial charge on any atom is 0.220 e. The van der Waals surface area contributed by atoms with E-state index in [1.54, 1.807) is 16.9 Å². The van der Waals surface area contributed by atoms with Gasteiger partial charge < -0.3 is 5.73 Å². The van der Waals surface area contributed by atoms with E-state index in [9.17, 15) is 0 Å². The van der Waals surface area contributed by atoms with Crippen molar-refractivity contribution < 1.29 is 0 Å². The molecule has 0 bridgehead atoms. The second-order valence-electron chi connectivity index (χ2n) is 3.86. The molecule has 0 radical (unpaired) electrons. The Morgan fingerprint density at radius 1 is 1.20 bits per heavy atom. The molecule has 0 atom stereocenters. The third kappa shape index (κ3) is 2.66. The van der Waals surface area contributed by atoms with E-state index in [1.807, 2.05) is 30.3 Å². The Labute approximate surface area is 127 Å². The van der Waals surface area contributed by atoms with Crippen LogP contribution in [0.25, 0.3) is 5.69 Å². The Hall–Kier alpha value is -1.93. The van der Waals surface area contributed by atoms with Crippen LogP contribution >= 0.6 is 27.7 Å². The fraction of sp³-hybridized carbons (Fsp3) is 0. The molecule has 0 aliphatic carbocycles. The highest BCUT2D eigenvalue weighted by Gasteiger charge is 2.12. The number of benzene rings is 1. The van der Waals surface area contributed by atoms with Crippen LogP contribution in [0.3, 0.4) is 0 Å².